The molecule has 3 aromatic heterocycles. The third-order valence-electron chi connectivity index (χ3n) is 6.74. The van der Waals surface area contributed by atoms with Crippen molar-refractivity contribution in [3.63, 3.8) is 0 Å². The third-order valence-corrected chi connectivity index (χ3v) is 6.74. The molecule has 4 heterocycles. The lowest BCUT2D eigenvalue weighted by Gasteiger charge is -2.26. The van der Waals surface area contributed by atoms with E-state index in [4.69, 9.17) is 4.52 Å². The van der Waals surface area contributed by atoms with Crippen LogP contribution in [0.4, 0.5) is 5.69 Å². The van der Waals surface area contributed by atoms with Gasteiger partial charge in [0, 0.05) is 34.6 Å². The van der Waals surface area contributed by atoms with Gasteiger partial charge in [-0.2, -0.15) is 5.10 Å². The smallest absolute Gasteiger partial charge is 0.278 e. The van der Waals surface area contributed by atoms with Crippen molar-refractivity contribution < 1.29 is 9.32 Å². The number of likely N-dealkylation sites (tertiary alicyclic amines) is 1. The second-order valence-corrected chi connectivity index (χ2v) is 8.96. The van der Waals surface area contributed by atoms with Crippen LogP contribution < -0.4 is 5.32 Å². The summed E-state index contributed by atoms with van der Waals surface area (Å²) in [5.41, 5.74) is 5.87. The predicted molar refractivity (Wildman–Crippen MR) is 132 cm³/mol. The molecule has 172 valence electrons. The Balaban J connectivity index is 1.35. The van der Waals surface area contributed by atoms with E-state index in [9.17, 15) is 4.79 Å². The van der Waals surface area contributed by atoms with E-state index >= 15 is 0 Å². The van der Waals surface area contributed by atoms with Gasteiger partial charge in [-0.25, -0.2) is 0 Å². The minimum Gasteiger partial charge on any atom is -0.361 e. The van der Waals surface area contributed by atoms with Crippen molar-refractivity contribution in [1.29, 1.82) is 0 Å². The van der Waals surface area contributed by atoms with Gasteiger partial charge in [-0.05, 0) is 68.2 Å². The number of nitrogens with one attached hydrogen (secondary N) is 3. The third kappa shape index (κ3) is 3.66. The fraction of sp³-hybridized carbons (Fsp3) is 0.269. The number of carbonyl (C=O) groups is 1. The number of hydrogen-bond donors (Lipinski definition) is 3. The van der Waals surface area contributed by atoms with Gasteiger partial charge in [0.15, 0.2) is 5.69 Å². The molecule has 6 rings (SSSR count). The Morgan fingerprint density at radius 2 is 2.00 bits per heavy atom. The van der Waals surface area contributed by atoms with E-state index in [0.29, 0.717) is 23.7 Å². The Labute approximate surface area is 196 Å². The van der Waals surface area contributed by atoms with E-state index in [1.54, 1.807) is 6.20 Å². The summed E-state index contributed by atoms with van der Waals surface area (Å²) in [7, 11) is 0. The summed E-state index contributed by atoms with van der Waals surface area (Å²) in [4.78, 5) is 19.0. The molecule has 0 unspecified atom stereocenters. The van der Waals surface area contributed by atoms with Gasteiger partial charge in [0.05, 0.1) is 17.4 Å². The second kappa shape index (κ2) is 8.46. The van der Waals surface area contributed by atoms with Crippen molar-refractivity contribution in [2.24, 2.45) is 0 Å². The number of carbonyl (C=O) groups excluding carboxylic acids is 1. The van der Waals surface area contributed by atoms with Crippen molar-refractivity contribution >= 4 is 33.4 Å². The number of aryl methyl sites for hydroxylation is 1. The van der Waals surface area contributed by atoms with Gasteiger partial charge in [0.2, 0.25) is 0 Å². The highest BCUT2D eigenvalue weighted by atomic mass is 16.5. The molecule has 0 saturated carbocycles. The van der Waals surface area contributed by atoms with Crippen LogP contribution in [0.25, 0.3) is 32.9 Å². The fourth-order valence-corrected chi connectivity index (χ4v) is 4.93. The Hall–Kier alpha value is -3.91. The molecular weight excluding hydrogens is 428 g/mol. The standard InChI is InChI=1S/C26H26N6O2/c1-16-21(15-32-10-3-2-4-11-32)25(31-34-16)26(33)29-23-12-17(13-24-20(23)14-28-30-24)18-6-5-7-22-19(18)8-9-27-22/h5-9,12-14,27H,2-4,10-11,15H2,1H3,(H,28,30)(H,29,33). The number of hydrogen-bond acceptors (Lipinski definition) is 5. The molecule has 0 spiro atoms. The van der Waals surface area contributed by atoms with Gasteiger partial charge >= 0.3 is 0 Å². The summed E-state index contributed by atoms with van der Waals surface area (Å²) >= 11 is 0. The molecule has 0 aliphatic carbocycles. The number of rotatable bonds is 5. The van der Waals surface area contributed by atoms with Gasteiger partial charge in [-0.1, -0.05) is 23.7 Å². The maximum absolute atomic E-state index is 13.4. The summed E-state index contributed by atoms with van der Waals surface area (Å²) in [6.07, 6.45) is 7.30. The normalized spacial score (nSPS) is 14.7. The molecule has 34 heavy (non-hydrogen) atoms. The van der Waals surface area contributed by atoms with E-state index in [2.05, 4.69) is 48.8 Å². The molecule has 1 saturated heterocycles. The van der Waals surface area contributed by atoms with E-state index in [0.717, 1.165) is 51.6 Å². The first kappa shape index (κ1) is 20.7. The van der Waals surface area contributed by atoms with Crippen LogP contribution in [0.15, 0.2) is 53.3 Å². The van der Waals surface area contributed by atoms with Crippen molar-refractivity contribution in [2.75, 3.05) is 18.4 Å². The van der Waals surface area contributed by atoms with Crippen LogP contribution in [-0.2, 0) is 6.54 Å². The van der Waals surface area contributed by atoms with E-state index in [1.165, 1.54) is 19.3 Å². The minimum absolute atomic E-state index is 0.275. The molecular formula is C26H26N6O2. The largest absolute Gasteiger partial charge is 0.361 e. The molecule has 0 bridgehead atoms. The van der Waals surface area contributed by atoms with E-state index < -0.39 is 0 Å². The number of fused-ring (bicyclic) bond motifs is 2. The fourth-order valence-electron chi connectivity index (χ4n) is 4.93. The first-order valence-corrected chi connectivity index (χ1v) is 11.7. The molecule has 1 aliphatic rings. The number of H-pyrrole nitrogens is 2. The summed E-state index contributed by atoms with van der Waals surface area (Å²) < 4.78 is 5.44. The maximum Gasteiger partial charge on any atom is 0.278 e. The summed E-state index contributed by atoms with van der Waals surface area (Å²) in [5, 5.41) is 16.4. The van der Waals surface area contributed by atoms with Crippen LogP contribution in [-0.4, -0.2) is 44.2 Å². The lowest BCUT2D eigenvalue weighted by Crippen LogP contribution is -2.30. The summed E-state index contributed by atoms with van der Waals surface area (Å²) in [6, 6.07) is 12.3. The Kier molecular flexibility index (Phi) is 5.15. The van der Waals surface area contributed by atoms with Gasteiger partial charge in [-0.15, -0.1) is 0 Å². The van der Waals surface area contributed by atoms with Crippen LogP contribution in [0.2, 0.25) is 0 Å². The Morgan fingerprint density at radius 3 is 2.88 bits per heavy atom. The number of piperidine rings is 1. The lowest BCUT2D eigenvalue weighted by molar-refractivity contribution is 0.101. The molecule has 5 aromatic rings. The van der Waals surface area contributed by atoms with Crippen LogP contribution in [0.3, 0.4) is 0 Å². The molecule has 0 atom stereocenters. The molecule has 1 fully saturated rings. The highest BCUT2D eigenvalue weighted by molar-refractivity contribution is 6.10. The average molecular weight is 455 g/mol. The number of nitrogens with zero attached hydrogens (tertiary/aromatic N) is 3. The Bertz CT molecular complexity index is 1490. The second-order valence-electron chi connectivity index (χ2n) is 8.96. The number of aromatic nitrogens is 4. The molecule has 8 heteroatoms. The zero-order chi connectivity index (χ0) is 23.1. The lowest BCUT2D eigenvalue weighted by atomic mass is 9.99. The van der Waals surface area contributed by atoms with Gasteiger partial charge in [0.1, 0.15) is 5.76 Å². The monoisotopic (exact) mass is 454 g/mol. The van der Waals surface area contributed by atoms with Crippen molar-refractivity contribution in [3.05, 3.63) is 65.8 Å². The number of amides is 1. The van der Waals surface area contributed by atoms with E-state index in [1.807, 2.05) is 31.3 Å². The molecule has 3 N–H and O–H groups in total. The van der Waals surface area contributed by atoms with E-state index in [-0.39, 0.29) is 5.91 Å². The highest BCUT2D eigenvalue weighted by Gasteiger charge is 2.24. The quantitative estimate of drug-likeness (QED) is 0.337. The van der Waals surface area contributed by atoms with Crippen LogP contribution in [0.1, 0.15) is 41.1 Å². The molecule has 1 aliphatic heterocycles. The summed E-state index contributed by atoms with van der Waals surface area (Å²) in [5.74, 6) is 0.417. The van der Waals surface area contributed by atoms with Gasteiger partial charge < -0.3 is 14.8 Å². The SMILES string of the molecule is Cc1onc(C(=O)Nc2cc(-c3cccc4[nH]ccc34)cc3[nH]ncc23)c1CN1CCCCC1. The first-order chi connectivity index (χ1) is 16.7. The van der Waals surface area contributed by atoms with Crippen molar-refractivity contribution in [2.45, 2.75) is 32.7 Å². The summed E-state index contributed by atoms with van der Waals surface area (Å²) in [6.45, 7) is 4.62. The highest BCUT2D eigenvalue weighted by Crippen LogP contribution is 2.34. The average Bonchev–Trinajstić information content (AvgIpc) is 3.60. The van der Waals surface area contributed by atoms with Crippen molar-refractivity contribution in [1.82, 2.24) is 25.2 Å². The van der Waals surface area contributed by atoms with Gasteiger partial charge in [-0.3, -0.25) is 14.8 Å². The van der Waals surface area contributed by atoms with Gasteiger partial charge in [0.25, 0.3) is 5.91 Å². The zero-order valence-electron chi connectivity index (χ0n) is 19.0. The first-order valence-electron chi connectivity index (χ1n) is 11.7. The molecule has 8 nitrogen and oxygen atoms in total. The minimum atomic E-state index is -0.275. The number of anilines is 1. The molecule has 2 aromatic carbocycles. The van der Waals surface area contributed by atoms with Crippen LogP contribution in [0, 0.1) is 6.92 Å². The molecule has 1 amide bonds. The maximum atomic E-state index is 13.4. The Morgan fingerprint density at radius 1 is 1.12 bits per heavy atom. The van der Waals surface area contributed by atoms with Crippen LogP contribution >= 0.6 is 0 Å². The number of benzene rings is 2. The zero-order valence-corrected chi connectivity index (χ0v) is 19.0. The topological polar surface area (TPSA) is 103 Å². The van der Waals surface area contributed by atoms with Crippen molar-refractivity contribution in [3.8, 4) is 11.1 Å². The molecule has 0 radical (unpaired) electrons. The number of aromatic amines is 2. The van der Waals surface area contributed by atoms with Crippen LogP contribution in [0.5, 0.6) is 0 Å². The predicted octanol–water partition coefficient (Wildman–Crippen LogP) is 5.25.